The molecule has 2 atom stereocenters. The maximum absolute atomic E-state index is 12.8. The fourth-order valence-electron chi connectivity index (χ4n) is 3.37. The number of thiol groups is 1. The molecule has 3 aromatic rings. The van der Waals surface area contributed by atoms with Gasteiger partial charge in [0.15, 0.2) is 11.7 Å². The number of hydrogen-bond acceptors (Lipinski definition) is 8. The summed E-state index contributed by atoms with van der Waals surface area (Å²) in [6.45, 7) is -0.136. The van der Waals surface area contributed by atoms with Gasteiger partial charge in [0.1, 0.15) is 0 Å². The van der Waals surface area contributed by atoms with Gasteiger partial charge >= 0.3 is 17.9 Å². The maximum Gasteiger partial charge on any atom is 0.359 e. The zero-order valence-electron chi connectivity index (χ0n) is 18.2. The summed E-state index contributed by atoms with van der Waals surface area (Å²) in [6, 6.07) is 11.4. The van der Waals surface area contributed by atoms with Crippen molar-refractivity contribution in [3.63, 3.8) is 0 Å². The molecular weight excluding hydrogens is 496 g/mol. The van der Waals surface area contributed by atoms with E-state index < -0.39 is 47.2 Å². The SMILES string of the molecule is O=C(O)c1nnn(Cc2ccc(C(NC(=O)C(CS)CCc3ccccc3)C(=O)O)s2)c1C(=O)O. The van der Waals surface area contributed by atoms with E-state index >= 15 is 0 Å². The Morgan fingerprint density at radius 1 is 1.03 bits per heavy atom. The molecule has 35 heavy (non-hydrogen) atoms. The van der Waals surface area contributed by atoms with Crippen molar-refractivity contribution in [2.75, 3.05) is 5.75 Å². The molecule has 1 aromatic carbocycles. The fraction of sp³-hybridized carbons (Fsp3) is 0.273. The molecule has 0 aliphatic carbocycles. The molecule has 0 saturated carbocycles. The minimum absolute atomic E-state index is 0.136. The van der Waals surface area contributed by atoms with Crippen molar-refractivity contribution in [1.82, 2.24) is 20.3 Å². The van der Waals surface area contributed by atoms with Crippen LogP contribution in [0.25, 0.3) is 0 Å². The van der Waals surface area contributed by atoms with E-state index in [2.05, 4.69) is 28.3 Å². The molecule has 0 aliphatic rings. The van der Waals surface area contributed by atoms with E-state index in [0.717, 1.165) is 21.6 Å². The minimum Gasteiger partial charge on any atom is -0.479 e. The maximum atomic E-state index is 12.8. The van der Waals surface area contributed by atoms with Crippen LogP contribution in [-0.2, 0) is 22.6 Å². The summed E-state index contributed by atoms with van der Waals surface area (Å²) in [6.07, 6.45) is 1.14. The first kappa shape index (κ1) is 25.9. The monoisotopic (exact) mass is 518 g/mol. The van der Waals surface area contributed by atoms with Crippen molar-refractivity contribution in [3.05, 3.63) is 69.2 Å². The third kappa shape index (κ3) is 6.45. The van der Waals surface area contributed by atoms with Crippen molar-refractivity contribution in [2.24, 2.45) is 5.92 Å². The number of hydrogen-bond donors (Lipinski definition) is 5. The number of aliphatic carboxylic acids is 1. The second kappa shape index (κ2) is 11.6. The number of carboxylic acid groups (broad SMARTS) is 3. The van der Waals surface area contributed by atoms with E-state index in [0.29, 0.717) is 22.6 Å². The van der Waals surface area contributed by atoms with Crippen LogP contribution in [0, 0.1) is 5.92 Å². The zero-order valence-corrected chi connectivity index (χ0v) is 19.9. The number of rotatable bonds is 12. The lowest BCUT2D eigenvalue weighted by Gasteiger charge is -2.18. The summed E-state index contributed by atoms with van der Waals surface area (Å²) < 4.78 is 0.913. The van der Waals surface area contributed by atoms with Gasteiger partial charge in [0, 0.05) is 21.4 Å². The number of carboxylic acids is 3. The molecule has 4 N–H and O–H groups in total. The Hall–Kier alpha value is -3.71. The lowest BCUT2D eigenvalue weighted by molar-refractivity contribution is -0.142. The quantitative estimate of drug-likeness (QED) is 0.225. The molecule has 1 amide bonds. The van der Waals surface area contributed by atoms with Crippen LogP contribution in [0.3, 0.4) is 0 Å². The molecule has 0 aliphatic heterocycles. The van der Waals surface area contributed by atoms with Crippen LogP contribution in [0.15, 0.2) is 42.5 Å². The standard InChI is InChI=1S/C22H22N4O7S2/c27-19(13(11-34)7-6-12-4-2-1-3-5-12)23-16(20(28)29)15-9-8-14(35-15)10-26-18(22(32)33)17(21(30)31)24-25-26/h1-5,8-9,13,16,34H,6-7,10-11H2,(H,23,27)(H,28,29)(H,30,31)(H,32,33). The highest BCUT2D eigenvalue weighted by Crippen LogP contribution is 2.26. The Bertz CT molecular complexity index is 1230. The predicted molar refractivity (Wildman–Crippen MR) is 128 cm³/mol. The molecule has 11 nitrogen and oxygen atoms in total. The number of aromatic nitrogens is 3. The normalized spacial score (nSPS) is 12.6. The molecule has 2 heterocycles. The van der Waals surface area contributed by atoms with E-state index in [1.807, 2.05) is 30.3 Å². The van der Waals surface area contributed by atoms with Crippen LogP contribution >= 0.6 is 24.0 Å². The first-order valence-electron chi connectivity index (χ1n) is 10.4. The number of carbonyl (C=O) groups is 4. The van der Waals surface area contributed by atoms with Crippen LogP contribution < -0.4 is 5.32 Å². The van der Waals surface area contributed by atoms with Crippen LogP contribution in [0.2, 0.25) is 0 Å². The first-order chi connectivity index (χ1) is 16.7. The highest BCUT2D eigenvalue weighted by atomic mass is 32.1. The Labute approximate surface area is 208 Å². The molecule has 184 valence electrons. The van der Waals surface area contributed by atoms with Crippen molar-refractivity contribution in [3.8, 4) is 0 Å². The lowest BCUT2D eigenvalue weighted by Crippen LogP contribution is -2.38. The lowest BCUT2D eigenvalue weighted by atomic mass is 9.99. The molecule has 0 spiro atoms. The molecule has 2 aromatic heterocycles. The van der Waals surface area contributed by atoms with Crippen LogP contribution in [0.5, 0.6) is 0 Å². The molecule has 0 saturated heterocycles. The third-order valence-electron chi connectivity index (χ3n) is 5.16. The van der Waals surface area contributed by atoms with Gasteiger partial charge < -0.3 is 20.6 Å². The Morgan fingerprint density at radius 3 is 2.34 bits per heavy atom. The topological polar surface area (TPSA) is 172 Å². The number of aryl methyl sites for hydroxylation is 1. The van der Waals surface area contributed by atoms with Gasteiger partial charge in [-0.25, -0.2) is 19.1 Å². The van der Waals surface area contributed by atoms with E-state index in [1.165, 1.54) is 6.07 Å². The molecule has 2 unspecified atom stereocenters. The number of aromatic carboxylic acids is 2. The molecule has 13 heteroatoms. The third-order valence-corrected chi connectivity index (χ3v) is 6.74. The van der Waals surface area contributed by atoms with Gasteiger partial charge in [0.25, 0.3) is 0 Å². The smallest absolute Gasteiger partial charge is 0.359 e. The number of amides is 1. The summed E-state index contributed by atoms with van der Waals surface area (Å²) in [5, 5.41) is 37.7. The van der Waals surface area contributed by atoms with Crippen molar-refractivity contribution < 1.29 is 34.5 Å². The summed E-state index contributed by atoms with van der Waals surface area (Å²) in [7, 11) is 0. The first-order valence-corrected chi connectivity index (χ1v) is 11.8. The molecular formula is C22H22N4O7S2. The number of benzene rings is 1. The van der Waals surface area contributed by atoms with Crippen LogP contribution in [0.1, 0.15) is 48.8 Å². The number of carbonyl (C=O) groups excluding carboxylic acids is 1. The molecule has 0 bridgehead atoms. The number of nitrogens with one attached hydrogen (secondary N) is 1. The van der Waals surface area contributed by atoms with Gasteiger partial charge in [-0.2, -0.15) is 12.6 Å². The average molecular weight is 519 g/mol. The second-order valence-electron chi connectivity index (χ2n) is 7.54. The predicted octanol–water partition coefficient (Wildman–Crippen LogP) is 2.20. The van der Waals surface area contributed by atoms with Gasteiger partial charge in [0.2, 0.25) is 11.6 Å². The van der Waals surface area contributed by atoms with E-state index in [4.69, 9.17) is 5.11 Å². The largest absolute Gasteiger partial charge is 0.479 e. The van der Waals surface area contributed by atoms with E-state index in [1.54, 1.807) is 6.07 Å². The minimum atomic E-state index is -1.53. The highest BCUT2D eigenvalue weighted by molar-refractivity contribution is 7.80. The van der Waals surface area contributed by atoms with E-state index in [-0.39, 0.29) is 12.3 Å². The molecule has 0 radical (unpaired) electrons. The van der Waals surface area contributed by atoms with Crippen molar-refractivity contribution >= 4 is 47.8 Å². The Balaban J connectivity index is 1.72. The number of nitrogens with zero attached hydrogens (tertiary/aromatic N) is 3. The highest BCUT2D eigenvalue weighted by Gasteiger charge is 2.28. The van der Waals surface area contributed by atoms with Crippen molar-refractivity contribution in [2.45, 2.75) is 25.4 Å². The van der Waals surface area contributed by atoms with Crippen molar-refractivity contribution in [1.29, 1.82) is 0 Å². The Kier molecular flexibility index (Phi) is 8.60. The van der Waals surface area contributed by atoms with Gasteiger partial charge in [-0.3, -0.25) is 4.79 Å². The molecule has 0 fully saturated rings. The van der Waals surface area contributed by atoms with Crippen LogP contribution in [0.4, 0.5) is 0 Å². The number of thiophene rings is 1. The zero-order chi connectivity index (χ0) is 25.5. The van der Waals surface area contributed by atoms with Gasteiger partial charge in [-0.1, -0.05) is 35.5 Å². The van der Waals surface area contributed by atoms with Gasteiger partial charge in [-0.15, -0.1) is 16.4 Å². The van der Waals surface area contributed by atoms with Gasteiger partial charge in [-0.05, 0) is 30.5 Å². The van der Waals surface area contributed by atoms with Crippen LogP contribution in [-0.4, -0.2) is 59.9 Å². The summed E-state index contributed by atoms with van der Waals surface area (Å²) in [4.78, 5) is 48.2. The second-order valence-corrected chi connectivity index (χ2v) is 9.11. The fourth-order valence-corrected chi connectivity index (χ4v) is 4.75. The van der Waals surface area contributed by atoms with Gasteiger partial charge in [0.05, 0.1) is 6.54 Å². The summed E-state index contributed by atoms with van der Waals surface area (Å²) in [5.74, 6) is -4.98. The summed E-state index contributed by atoms with van der Waals surface area (Å²) >= 11 is 5.28. The summed E-state index contributed by atoms with van der Waals surface area (Å²) in [5.41, 5.74) is -0.228. The Morgan fingerprint density at radius 2 is 1.74 bits per heavy atom. The average Bonchev–Trinajstić information content (AvgIpc) is 3.46. The molecule has 3 rings (SSSR count). The van der Waals surface area contributed by atoms with E-state index in [9.17, 15) is 29.4 Å².